The predicted molar refractivity (Wildman–Crippen MR) is 77.9 cm³/mol. The second-order valence-electron chi connectivity index (χ2n) is 5.22. The average molecular weight is 286 g/mol. The number of Topliss-reactive ketones (excluding diaryl/α,β-unsaturated/α-hetero) is 1. The standard InChI is InChI=1S/C16H18N2O3/c1-11-2-4-12(5-3-11)6-15(19)8-13(16(20)21)7-14-9-17-10-18-14/h2-5,9-10,13H,6-8H2,1H3,(H,17,18)(H,20,21). The molecule has 0 spiro atoms. The molecule has 0 aliphatic rings. The lowest BCUT2D eigenvalue weighted by molar-refractivity contribution is -0.143. The number of aliphatic carboxylic acids is 1. The van der Waals surface area contributed by atoms with Crippen LogP contribution in [0.1, 0.15) is 23.2 Å². The van der Waals surface area contributed by atoms with Gasteiger partial charge in [0.05, 0.1) is 12.2 Å². The molecule has 2 N–H and O–H groups in total. The Morgan fingerprint density at radius 1 is 1.29 bits per heavy atom. The molecule has 0 aliphatic heterocycles. The zero-order valence-corrected chi connectivity index (χ0v) is 11.9. The number of carbonyl (C=O) groups excluding carboxylic acids is 1. The first-order valence-corrected chi connectivity index (χ1v) is 6.82. The molecule has 0 bridgehead atoms. The first-order chi connectivity index (χ1) is 10.0. The van der Waals surface area contributed by atoms with Crippen molar-refractivity contribution in [3.8, 4) is 0 Å². The monoisotopic (exact) mass is 286 g/mol. The van der Waals surface area contributed by atoms with Gasteiger partial charge in [-0.15, -0.1) is 0 Å². The lowest BCUT2D eigenvalue weighted by Gasteiger charge is -2.10. The number of nitrogens with one attached hydrogen (secondary N) is 1. The average Bonchev–Trinajstić information content (AvgIpc) is 2.93. The van der Waals surface area contributed by atoms with Crippen LogP contribution in [0.25, 0.3) is 0 Å². The Bertz CT molecular complexity index is 603. The fraction of sp³-hybridized carbons (Fsp3) is 0.312. The molecule has 21 heavy (non-hydrogen) atoms. The zero-order valence-electron chi connectivity index (χ0n) is 11.9. The first-order valence-electron chi connectivity index (χ1n) is 6.82. The largest absolute Gasteiger partial charge is 0.481 e. The van der Waals surface area contributed by atoms with E-state index in [1.165, 1.54) is 6.33 Å². The number of nitrogens with zero attached hydrogens (tertiary/aromatic N) is 1. The maximum atomic E-state index is 12.1. The summed E-state index contributed by atoms with van der Waals surface area (Å²) in [7, 11) is 0. The van der Waals surface area contributed by atoms with Crippen LogP contribution in [0, 0.1) is 12.8 Å². The van der Waals surface area contributed by atoms with Crippen molar-refractivity contribution in [1.82, 2.24) is 9.97 Å². The van der Waals surface area contributed by atoms with E-state index < -0.39 is 11.9 Å². The van der Waals surface area contributed by atoms with Crippen molar-refractivity contribution < 1.29 is 14.7 Å². The highest BCUT2D eigenvalue weighted by molar-refractivity contribution is 5.85. The Balaban J connectivity index is 1.95. The summed E-state index contributed by atoms with van der Waals surface area (Å²) in [5, 5.41) is 9.24. The van der Waals surface area contributed by atoms with Gasteiger partial charge in [-0.05, 0) is 12.5 Å². The number of benzene rings is 1. The Morgan fingerprint density at radius 3 is 2.57 bits per heavy atom. The summed E-state index contributed by atoms with van der Waals surface area (Å²) in [6, 6.07) is 7.69. The van der Waals surface area contributed by atoms with Crippen molar-refractivity contribution in [1.29, 1.82) is 0 Å². The normalized spacial score (nSPS) is 12.0. The van der Waals surface area contributed by atoms with E-state index in [1.807, 2.05) is 31.2 Å². The predicted octanol–water partition coefficient (Wildman–Crippen LogP) is 2.16. The minimum atomic E-state index is -0.957. The third-order valence-corrected chi connectivity index (χ3v) is 3.37. The number of carbonyl (C=O) groups is 2. The molecule has 1 heterocycles. The maximum absolute atomic E-state index is 12.1. The molecular weight excluding hydrogens is 268 g/mol. The number of rotatable bonds is 7. The van der Waals surface area contributed by atoms with Crippen LogP contribution < -0.4 is 0 Å². The molecule has 1 unspecified atom stereocenters. The van der Waals surface area contributed by atoms with Gasteiger partial charge in [0.15, 0.2) is 0 Å². The van der Waals surface area contributed by atoms with Crippen LogP contribution in [0.4, 0.5) is 0 Å². The minimum Gasteiger partial charge on any atom is -0.481 e. The summed E-state index contributed by atoms with van der Waals surface area (Å²) >= 11 is 0. The van der Waals surface area contributed by atoms with Crippen molar-refractivity contribution in [3.05, 3.63) is 53.6 Å². The summed E-state index contributed by atoms with van der Waals surface area (Å²) < 4.78 is 0. The van der Waals surface area contributed by atoms with Crippen LogP contribution in [0.2, 0.25) is 0 Å². The van der Waals surface area contributed by atoms with Crippen LogP contribution in [-0.4, -0.2) is 26.8 Å². The molecule has 0 amide bonds. The summed E-state index contributed by atoms with van der Waals surface area (Å²) in [6.07, 6.45) is 3.67. The van der Waals surface area contributed by atoms with Gasteiger partial charge < -0.3 is 10.1 Å². The smallest absolute Gasteiger partial charge is 0.307 e. The van der Waals surface area contributed by atoms with Crippen LogP contribution in [0.15, 0.2) is 36.8 Å². The lowest BCUT2D eigenvalue weighted by Crippen LogP contribution is -2.21. The SMILES string of the molecule is Cc1ccc(CC(=O)CC(Cc2cnc[nH]2)C(=O)O)cc1. The molecule has 1 aromatic carbocycles. The third kappa shape index (κ3) is 4.56. The molecule has 110 valence electrons. The van der Waals surface area contributed by atoms with Gasteiger partial charge in [0.2, 0.25) is 0 Å². The number of H-pyrrole nitrogens is 1. The molecule has 5 nitrogen and oxygen atoms in total. The summed E-state index contributed by atoms with van der Waals surface area (Å²) in [5.41, 5.74) is 2.77. The second-order valence-corrected chi connectivity index (χ2v) is 5.22. The fourth-order valence-electron chi connectivity index (χ4n) is 2.19. The molecule has 5 heteroatoms. The Morgan fingerprint density at radius 2 is 2.00 bits per heavy atom. The molecule has 0 saturated heterocycles. The lowest BCUT2D eigenvalue weighted by atomic mass is 9.94. The molecule has 0 fully saturated rings. The van der Waals surface area contributed by atoms with E-state index >= 15 is 0 Å². The molecule has 1 atom stereocenters. The highest BCUT2D eigenvalue weighted by Crippen LogP contribution is 2.14. The number of carboxylic acid groups (broad SMARTS) is 1. The Kier molecular flexibility index (Phi) is 4.87. The van der Waals surface area contributed by atoms with E-state index in [4.69, 9.17) is 0 Å². The minimum absolute atomic E-state index is 0.0300. The molecule has 0 aliphatic carbocycles. The van der Waals surface area contributed by atoms with E-state index in [9.17, 15) is 14.7 Å². The van der Waals surface area contributed by atoms with Gasteiger partial charge in [-0.2, -0.15) is 0 Å². The Hall–Kier alpha value is -2.43. The van der Waals surface area contributed by atoms with Crippen LogP contribution >= 0.6 is 0 Å². The third-order valence-electron chi connectivity index (χ3n) is 3.37. The molecule has 0 saturated carbocycles. The van der Waals surface area contributed by atoms with Gasteiger partial charge in [0.25, 0.3) is 0 Å². The number of aromatic amines is 1. The quantitative estimate of drug-likeness (QED) is 0.817. The molecule has 2 rings (SSSR count). The number of aryl methyl sites for hydroxylation is 1. The molecular formula is C16H18N2O3. The van der Waals surface area contributed by atoms with Crippen molar-refractivity contribution in [2.45, 2.75) is 26.2 Å². The highest BCUT2D eigenvalue weighted by Gasteiger charge is 2.22. The van der Waals surface area contributed by atoms with Gasteiger partial charge in [-0.3, -0.25) is 9.59 Å². The molecule has 0 radical (unpaired) electrons. The van der Waals surface area contributed by atoms with Crippen molar-refractivity contribution >= 4 is 11.8 Å². The molecule has 2 aromatic rings. The van der Waals surface area contributed by atoms with Crippen LogP contribution in [-0.2, 0) is 22.4 Å². The Labute approximate surface area is 123 Å². The van der Waals surface area contributed by atoms with E-state index in [1.54, 1.807) is 6.20 Å². The number of carboxylic acids is 1. The van der Waals surface area contributed by atoms with Crippen LogP contribution in [0.5, 0.6) is 0 Å². The number of aromatic nitrogens is 2. The van der Waals surface area contributed by atoms with Gasteiger partial charge >= 0.3 is 5.97 Å². The molecule has 1 aromatic heterocycles. The summed E-state index contributed by atoms with van der Waals surface area (Å²) in [4.78, 5) is 30.0. The van der Waals surface area contributed by atoms with Gasteiger partial charge in [0, 0.05) is 31.2 Å². The van der Waals surface area contributed by atoms with Gasteiger partial charge in [0.1, 0.15) is 5.78 Å². The van der Waals surface area contributed by atoms with Crippen molar-refractivity contribution in [2.75, 3.05) is 0 Å². The number of hydrogen-bond donors (Lipinski definition) is 2. The van der Waals surface area contributed by atoms with E-state index in [0.29, 0.717) is 0 Å². The van der Waals surface area contributed by atoms with Crippen molar-refractivity contribution in [3.63, 3.8) is 0 Å². The second kappa shape index (κ2) is 6.83. The van der Waals surface area contributed by atoms with E-state index in [2.05, 4.69) is 9.97 Å². The van der Waals surface area contributed by atoms with E-state index in [0.717, 1.165) is 16.8 Å². The highest BCUT2D eigenvalue weighted by atomic mass is 16.4. The number of hydrogen-bond acceptors (Lipinski definition) is 3. The van der Waals surface area contributed by atoms with Gasteiger partial charge in [-0.25, -0.2) is 4.98 Å². The number of ketones is 1. The zero-order chi connectivity index (χ0) is 15.2. The number of imidazole rings is 1. The topological polar surface area (TPSA) is 83.0 Å². The van der Waals surface area contributed by atoms with Crippen molar-refractivity contribution in [2.24, 2.45) is 5.92 Å². The van der Waals surface area contributed by atoms with Crippen LogP contribution in [0.3, 0.4) is 0 Å². The summed E-state index contributed by atoms with van der Waals surface area (Å²) in [5.74, 6) is -1.74. The van der Waals surface area contributed by atoms with Gasteiger partial charge in [-0.1, -0.05) is 29.8 Å². The first kappa shape index (κ1) is 15.0. The van der Waals surface area contributed by atoms with E-state index in [-0.39, 0.29) is 25.0 Å². The summed E-state index contributed by atoms with van der Waals surface area (Å²) in [6.45, 7) is 1.98. The fourth-order valence-corrected chi connectivity index (χ4v) is 2.19. The maximum Gasteiger partial charge on any atom is 0.307 e.